The van der Waals surface area contributed by atoms with Crippen molar-refractivity contribution in [1.29, 1.82) is 0 Å². The molecule has 0 aliphatic heterocycles. The van der Waals surface area contributed by atoms with E-state index in [2.05, 4.69) is 5.16 Å². The van der Waals surface area contributed by atoms with Gasteiger partial charge in [-0.3, -0.25) is 0 Å². The van der Waals surface area contributed by atoms with Gasteiger partial charge in [-0.25, -0.2) is 4.79 Å². The molecule has 0 N–H and O–H groups in total. The average molecular weight is 336 g/mol. The molecule has 0 aliphatic carbocycles. The number of ether oxygens (including phenoxy) is 2. The standard InChI is InChI=1S/C16H14ClNO5/c1-3-20-13(19)8-21-11-7-5-10-15(12-6-4-9(2)22-12)18-23-16(10)14(11)17/h4-7H,3,8H2,1-2H3. The first-order valence-corrected chi connectivity index (χ1v) is 7.41. The Morgan fingerprint density at radius 3 is 2.83 bits per heavy atom. The van der Waals surface area contributed by atoms with E-state index in [-0.39, 0.29) is 11.6 Å². The van der Waals surface area contributed by atoms with Gasteiger partial charge in [0.15, 0.2) is 23.6 Å². The van der Waals surface area contributed by atoms with Crippen molar-refractivity contribution in [2.24, 2.45) is 0 Å². The molecule has 120 valence electrons. The van der Waals surface area contributed by atoms with Gasteiger partial charge in [0.2, 0.25) is 0 Å². The highest BCUT2D eigenvalue weighted by Gasteiger charge is 2.19. The van der Waals surface area contributed by atoms with E-state index in [4.69, 9.17) is 30.0 Å². The molecule has 1 aromatic carbocycles. The molecule has 0 atom stereocenters. The smallest absolute Gasteiger partial charge is 0.344 e. The fourth-order valence-corrected chi connectivity index (χ4v) is 2.40. The van der Waals surface area contributed by atoms with E-state index < -0.39 is 5.97 Å². The van der Waals surface area contributed by atoms with Crippen LogP contribution >= 0.6 is 11.6 Å². The van der Waals surface area contributed by atoms with Crippen LogP contribution in [0.5, 0.6) is 5.75 Å². The molecule has 0 saturated heterocycles. The summed E-state index contributed by atoms with van der Waals surface area (Å²) in [5, 5.41) is 4.95. The summed E-state index contributed by atoms with van der Waals surface area (Å²) >= 11 is 6.27. The van der Waals surface area contributed by atoms with Gasteiger partial charge in [-0.15, -0.1) is 0 Å². The SMILES string of the molecule is CCOC(=O)COc1ccc2c(-c3ccc(C)o3)noc2c1Cl. The molecule has 3 aromatic rings. The molecule has 0 saturated carbocycles. The van der Waals surface area contributed by atoms with Crippen LogP contribution in [0.3, 0.4) is 0 Å². The molecule has 3 rings (SSSR count). The van der Waals surface area contributed by atoms with Crippen molar-refractivity contribution in [2.45, 2.75) is 13.8 Å². The van der Waals surface area contributed by atoms with Gasteiger partial charge in [-0.2, -0.15) is 0 Å². The average Bonchev–Trinajstić information content (AvgIpc) is 3.13. The van der Waals surface area contributed by atoms with Gasteiger partial charge in [-0.1, -0.05) is 16.8 Å². The van der Waals surface area contributed by atoms with Crippen LogP contribution < -0.4 is 4.74 Å². The van der Waals surface area contributed by atoms with Crippen molar-refractivity contribution in [3.63, 3.8) is 0 Å². The number of esters is 1. The van der Waals surface area contributed by atoms with E-state index in [9.17, 15) is 4.79 Å². The molecule has 0 aliphatic rings. The highest BCUT2D eigenvalue weighted by Crippen LogP contribution is 2.37. The van der Waals surface area contributed by atoms with E-state index in [1.165, 1.54) is 0 Å². The molecule has 0 unspecified atom stereocenters. The largest absolute Gasteiger partial charge is 0.480 e. The maximum absolute atomic E-state index is 11.3. The number of hydrogen-bond donors (Lipinski definition) is 0. The minimum Gasteiger partial charge on any atom is -0.480 e. The zero-order chi connectivity index (χ0) is 16.4. The maximum atomic E-state index is 11.3. The number of rotatable bonds is 5. The minimum atomic E-state index is -0.465. The van der Waals surface area contributed by atoms with Gasteiger partial charge < -0.3 is 18.4 Å². The predicted molar refractivity (Wildman–Crippen MR) is 83.6 cm³/mol. The van der Waals surface area contributed by atoms with E-state index >= 15 is 0 Å². The number of nitrogens with zero attached hydrogens (tertiary/aromatic N) is 1. The second-order valence-corrected chi connectivity index (χ2v) is 5.17. The first-order valence-electron chi connectivity index (χ1n) is 7.03. The fraction of sp³-hybridized carbons (Fsp3) is 0.250. The molecule has 6 nitrogen and oxygen atoms in total. The number of furan rings is 1. The molecule has 2 aromatic heterocycles. The van der Waals surface area contributed by atoms with E-state index in [1.54, 1.807) is 19.1 Å². The summed E-state index contributed by atoms with van der Waals surface area (Å²) in [4.78, 5) is 11.3. The molecule has 0 bridgehead atoms. The number of benzene rings is 1. The Hall–Kier alpha value is -2.47. The Kier molecular flexibility index (Phi) is 4.25. The number of halogens is 1. The van der Waals surface area contributed by atoms with Crippen LogP contribution in [0.15, 0.2) is 33.2 Å². The molecule has 0 fully saturated rings. The molecule has 2 heterocycles. The highest BCUT2D eigenvalue weighted by atomic mass is 35.5. The number of hydrogen-bond acceptors (Lipinski definition) is 6. The van der Waals surface area contributed by atoms with Gasteiger partial charge >= 0.3 is 5.97 Å². The summed E-state index contributed by atoms with van der Waals surface area (Å²) < 4.78 is 21.0. The van der Waals surface area contributed by atoms with Crippen LogP contribution in [0.25, 0.3) is 22.4 Å². The third-order valence-electron chi connectivity index (χ3n) is 3.17. The van der Waals surface area contributed by atoms with Crippen LogP contribution in [0, 0.1) is 6.92 Å². The monoisotopic (exact) mass is 335 g/mol. The molecule has 0 radical (unpaired) electrons. The summed E-state index contributed by atoms with van der Waals surface area (Å²) in [5.41, 5.74) is 0.934. The van der Waals surface area contributed by atoms with Gasteiger partial charge in [0.25, 0.3) is 0 Å². The zero-order valence-electron chi connectivity index (χ0n) is 12.6. The third kappa shape index (κ3) is 3.03. The van der Waals surface area contributed by atoms with Crippen LogP contribution in [0.1, 0.15) is 12.7 Å². The lowest BCUT2D eigenvalue weighted by Gasteiger charge is -2.07. The molecule has 0 amide bonds. The van der Waals surface area contributed by atoms with Crippen molar-refractivity contribution >= 4 is 28.5 Å². The zero-order valence-corrected chi connectivity index (χ0v) is 13.3. The number of carbonyl (C=O) groups excluding carboxylic acids is 1. The molecule has 23 heavy (non-hydrogen) atoms. The normalized spacial score (nSPS) is 10.9. The quantitative estimate of drug-likeness (QED) is 0.656. The van der Waals surface area contributed by atoms with E-state index in [0.29, 0.717) is 34.8 Å². The Morgan fingerprint density at radius 2 is 2.13 bits per heavy atom. The summed E-state index contributed by atoms with van der Waals surface area (Å²) in [7, 11) is 0. The summed E-state index contributed by atoms with van der Waals surface area (Å²) in [5.74, 6) is 1.23. The van der Waals surface area contributed by atoms with Gasteiger partial charge in [0, 0.05) is 0 Å². The van der Waals surface area contributed by atoms with Crippen LogP contribution in [-0.4, -0.2) is 24.3 Å². The minimum absolute atomic E-state index is 0.225. The first kappa shape index (κ1) is 15.4. The molecular formula is C16H14ClNO5. The first-order chi connectivity index (χ1) is 11.1. The van der Waals surface area contributed by atoms with E-state index in [1.807, 2.05) is 19.1 Å². The predicted octanol–water partition coefficient (Wildman–Crippen LogP) is 3.99. The Labute approximate surface area is 136 Å². The van der Waals surface area contributed by atoms with Crippen molar-refractivity contribution in [3.05, 3.63) is 35.0 Å². The molecule has 7 heteroatoms. The lowest BCUT2D eigenvalue weighted by atomic mass is 10.2. The van der Waals surface area contributed by atoms with Crippen LogP contribution in [0.4, 0.5) is 0 Å². The number of fused-ring (bicyclic) bond motifs is 1. The number of aryl methyl sites for hydroxylation is 1. The Morgan fingerprint density at radius 1 is 1.30 bits per heavy atom. The summed E-state index contributed by atoms with van der Waals surface area (Å²) in [6, 6.07) is 7.06. The lowest BCUT2D eigenvalue weighted by Crippen LogP contribution is -2.14. The topological polar surface area (TPSA) is 74.7 Å². The van der Waals surface area contributed by atoms with Crippen molar-refractivity contribution in [2.75, 3.05) is 13.2 Å². The maximum Gasteiger partial charge on any atom is 0.344 e. The molecular weight excluding hydrogens is 322 g/mol. The lowest BCUT2D eigenvalue weighted by molar-refractivity contribution is -0.145. The summed E-state index contributed by atoms with van der Waals surface area (Å²) in [6.07, 6.45) is 0. The third-order valence-corrected chi connectivity index (χ3v) is 3.53. The van der Waals surface area contributed by atoms with Gasteiger partial charge in [0.05, 0.1) is 12.0 Å². The Balaban J connectivity index is 1.90. The number of aromatic nitrogens is 1. The fourth-order valence-electron chi connectivity index (χ4n) is 2.14. The second kappa shape index (κ2) is 6.34. The van der Waals surface area contributed by atoms with E-state index in [0.717, 1.165) is 5.76 Å². The summed E-state index contributed by atoms with van der Waals surface area (Å²) in [6.45, 7) is 3.64. The Bertz CT molecular complexity index is 851. The molecule has 0 spiro atoms. The highest BCUT2D eigenvalue weighted by molar-refractivity contribution is 6.36. The van der Waals surface area contributed by atoms with Crippen LogP contribution in [0.2, 0.25) is 5.02 Å². The van der Waals surface area contributed by atoms with Crippen molar-refractivity contribution in [1.82, 2.24) is 5.16 Å². The number of carbonyl (C=O) groups is 1. The van der Waals surface area contributed by atoms with Gasteiger partial charge in [-0.05, 0) is 38.1 Å². The second-order valence-electron chi connectivity index (χ2n) is 4.79. The van der Waals surface area contributed by atoms with Crippen molar-refractivity contribution < 1.29 is 23.2 Å². The van der Waals surface area contributed by atoms with Crippen molar-refractivity contribution in [3.8, 4) is 17.2 Å². The van der Waals surface area contributed by atoms with Crippen LogP contribution in [-0.2, 0) is 9.53 Å². The van der Waals surface area contributed by atoms with Gasteiger partial charge in [0.1, 0.15) is 16.5 Å².